The van der Waals surface area contributed by atoms with E-state index in [4.69, 9.17) is 24.2 Å². The number of aromatic carboxylic acids is 1. The molecule has 0 saturated heterocycles. The maximum absolute atomic E-state index is 14.3. The van der Waals surface area contributed by atoms with Crippen LogP contribution in [0.15, 0.2) is 122 Å². The van der Waals surface area contributed by atoms with Crippen LogP contribution >= 0.6 is 0 Å². The second-order valence-electron chi connectivity index (χ2n) is 17.3. The number of nitrogens with one attached hydrogen (secondary N) is 2. The Labute approximate surface area is 401 Å². The van der Waals surface area contributed by atoms with Crippen LogP contribution in [0.4, 0.5) is 8.78 Å². The van der Waals surface area contributed by atoms with E-state index in [9.17, 15) is 23.5 Å². The number of carboxylic acids is 1. The molecule has 4 aromatic heterocycles. The van der Waals surface area contributed by atoms with E-state index in [-0.39, 0.29) is 34.9 Å². The summed E-state index contributed by atoms with van der Waals surface area (Å²) < 4.78 is 44.3. The molecular formula is C56H48F2N6O6. The van der Waals surface area contributed by atoms with Crippen molar-refractivity contribution in [1.29, 1.82) is 0 Å². The third-order valence-electron chi connectivity index (χ3n) is 12.3. The highest BCUT2D eigenvalue weighted by Gasteiger charge is 2.24. The zero-order chi connectivity index (χ0) is 49.4. The zero-order valence-corrected chi connectivity index (χ0v) is 39.4. The lowest BCUT2D eigenvalue weighted by Crippen LogP contribution is -2.05. The molecule has 10 rings (SSSR count). The summed E-state index contributed by atoms with van der Waals surface area (Å²) in [5.74, 6) is -1.70. The van der Waals surface area contributed by atoms with Crippen LogP contribution in [0.2, 0.25) is 0 Å². The van der Waals surface area contributed by atoms with Crippen molar-refractivity contribution in [1.82, 2.24) is 30.4 Å². The summed E-state index contributed by atoms with van der Waals surface area (Å²) in [6.07, 6.45) is 3.54. The number of carbonyl (C=O) groups is 2. The van der Waals surface area contributed by atoms with E-state index in [1.165, 1.54) is 26.4 Å². The second kappa shape index (κ2) is 19.2. The van der Waals surface area contributed by atoms with E-state index in [1.54, 1.807) is 80.0 Å². The molecule has 0 bridgehead atoms. The van der Waals surface area contributed by atoms with E-state index < -0.39 is 17.6 Å². The first-order valence-electron chi connectivity index (χ1n) is 22.7. The maximum atomic E-state index is 14.3. The van der Waals surface area contributed by atoms with Gasteiger partial charge in [-0.25, -0.2) is 28.3 Å². The summed E-state index contributed by atoms with van der Waals surface area (Å²) >= 11 is 0. The van der Waals surface area contributed by atoms with Gasteiger partial charge in [-0.15, -0.1) is 0 Å². The minimum absolute atomic E-state index is 0.0668. The molecule has 14 heteroatoms. The lowest BCUT2D eigenvalue weighted by atomic mass is 9.86. The number of hydrogen-bond donors (Lipinski definition) is 3. The lowest BCUT2D eigenvalue weighted by Gasteiger charge is -2.21. The van der Waals surface area contributed by atoms with Crippen LogP contribution in [0.1, 0.15) is 78.3 Å². The summed E-state index contributed by atoms with van der Waals surface area (Å²) in [6.45, 7) is 10.5. The molecule has 0 amide bonds. The number of esters is 1. The highest BCUT2D eigenvalue weighted by molar-refractivity contribution is 6.07. The van der Waals surface area contributed by atoms with E-state index in [0.717, 1.165) is 99.5 Å². The standard InChI is InChI=1S/C29H26FN3O3.C27H22FN3O3/c1-5-36-29(34)18-8-6-17(7-9-18)28-26(16(2)3)27(19-10-11-22(30)25(13-19)35-4)21-12-20-15-31-33-23(20)14-24(21)32-28;1-14(2)24-25(17-8-9-20(28)23(11-17)34-3)19-10-18-13-29-31-21(18)12-22(19)30-26(24)15-4-6-16(7-5-15)27(32)33/h6-16H,5H2,1-4H3,(H,31,33);4-14H,1-3H3,(H,29,31)(H,32,33). The number of nitrogens with zero attached hydrogens (tertiary/aromatic N) is 4. The average molecular weight is 939 g/mol. The smallest absolute Gasteiger partial charge is 0.338 e. The third kappa shape index (κ3) is 8.75. The van der Waals surface area contributed by atoms with Crippen molar-refractivity contribution in [2.45, 2.75) is 46.5 Å². The first-order valence-corrected chi connectivity index (χ1v) is 22.7. The number of methoxy groups -OCH3 is 2. The van der Waals surface area contributed by atoms with Gasteiger partial charge in [0.1, 0.15) is 0 Å². The molecule has 0 aliphatic heterocycles. The number of halogens is 2. The minimum atomic E-state index is -0.983. The quantitative estimate of drug-likeness (QED) is 0.106. The SMILES string of the molecule is CCOC(=O)c1ccc(-c2nc3cc4[nH]ncc4cc3c(-c3ccc(F)c(OC)c3)c2C(C)C)cc1.COc1cc(-c2c(C(C)C)c(-c3ccc(C(=O)O)cc3)nc3cc4[nH]ncc4cc23)ccc1F. The van der Waals surface area contributed by atoms with E-state index >= 15 is 0 Å². The Kier molecular flexibility index (Phi) is 12.8. The van der Waals surface area contributed by atoms with Gasteiger partial charge in [0.15, 0.2) is 23.1 Å². The minimum Gasteiger partial charge on any atom is -0.494 e. The predicted molar refractivity (Wildman–Crippen MR) is 269 cm³/mol. The Morgan fingerprint density at radius 3 is 1.39 bits per heavy atom. The molecule has 0 spiro atoms. The third-order valence-corrected chi connectivity index (χ3v) is 12.3. The van der Waals surface area contributed by atoms with Crippen molar-refractivity contribution in [3.63, 3.8) is 0 Å². The highest BCUT2D eigenvalue weighted by atomic mass is 19.1. The Morgan fingerprint density at radius 1 is 0.586 bits per heavy atom. The molecule has 0 aliphatic rings. The van der Waals surface area contributed by atoms with Crippen LogP contribution in [0.25, 0.3) is 88.4 Å². The van der Waals surface area contributed by atoms with Gasteiger partial charge >= 0.3 is 11.9 Å². The van der Waals surface area contributed by atoms with Crippen molar-refractivity contribution in [3.8, 4) is 56.3 Å². The number of aromatic amines is 2. The number of fused-ring (bicyclic) bond motifs is 4. The topological polar surface area (TPSA) is 165 Å². The largest absolute Gasteiger partial charge is 0.494 e. The monoisotopic (exact) mass is 938 g/mol. The predicted octanol–water partition coefficient (Wildman–Crippen LogP) is 13.3. The summed E-state index contributed by atoms with van der Waals surface area (Å²) in [7, 11) is 2.91. The highest BCUT2D eigenvalue weighted by Crippen LogP contribution is 2.45. The molecule has 0 atom stereocenters. The number of aromatic nitrogens is 6. The average Bonchev–Trinajstić information content (AvgIpc) is 4.03. The van der Waals surface area contributed by atoms with Gasteiger partial charge in [-0.1, -0.05) is 64.1 Å². The van der Waals surface area contributed by atoms with E-state index in [1.807, 2.05) is 30.3 Å². The lowest BCUT2D eigenvalue weighted by molar-refractivity contribution is 0.0525. The molecule has 4 heterocycles. The van der Waals surface area contributed by atoms with Gasteiger partial charge in [-0.2, -0.15) is 10.2 Å². The van der Waals surface area contributed by atoms with Gasteiger partial charge in [0.05, 0.1) is 77.8 Å². The molecule has 352 valence electrons. The number of hydrogen-bond acceptors (Lipinski definition) is 9. The van der Waals surface area contributed by atoms with Crippen molar-refractivity contribution in [3.05, 3.63) is 155 Å². The van der Waals surface area contributed by atoms with Gasteiger partial charge in [0, 0.05) is 32.7 Å². The molecule has 0 aliphatic carbocycles. The van der Waals surface area contributed by atoms with Crippen molar-refractivity contribution >= 4 is 55.6 Å². The molecule has 3 N–H and O–H groups in total. The molecule has 12 nitrogen and oxygen atoms in total. The number of carboxylic acid groups (broad SMARTS) is 1. The van der Waals surface area contributed by atoms with E-state index in [0.29, 0.717) is 12.2 Å². The summed E-state index contributed by atoms with van der Waals surface area (Å²) in [6, 6.07) is 31.8. The zero-order valence-electron chi connectivity index (χ0n) is 39.4. The van der Waals surface area contributed by atoms with Crippen molar-refractivity contribution in [2.24, 2.45) is 0 Å². The van der Waals surface area contributed by atoms with Gasteiger partial charge < -0.3 is 19.3 Å². The van der Waals surface area contributed by atoms with Crippen LogP contribution in [-0.2, 0) is 4.74 Å². The first kappa shape index (κ1) is 46.6. The molecule has 0 unspecified atom stereocenters. The van der Waals surface area contributed by atoms with Crippen LogP contribution in [-0.4, -0.2) is 68.2 Å². The van der Waals surface area contributed by atoms with Crippen LogP contribution in [0, 0.1) is 11.6 Å². The molecule has 70 heavy (non-hydrogen) atoms. The van der Waals surface area contributed by atoms with Crippen molar-refractivity contribution < 1.29 is 37.7 Å². The van der Waals surface area contributed by atoms with E-state index in [2.05, 4.69) is 54.2 Å². The number of rotatable bonds is 11. The number of pyridine rings is 2. The molecule has 10 aromatic rings. The normalized spacial score (nSPS) is 11.4. The second-order valence-corrected chi connectivity index (χ2v) is 17.3. The fraction of sp³-hybridized carbons (Fsp3) is 0.179. The molecule has 0 saturated carbocycles. The molecular weight excluding hydrogens is 891 g/mol. The number of carbonyl (C=O) groups excluding carboxylic acids is 1. The van der Waals surface area contributed by atoms with Crippen molar-refractivity contribution in [2.75, 3.05) is 20.8 Å². The van der Waals surface area contributed by atoms with Gasteiger partial charge in [-0.3, -0.25) is 10.2 Å². The fourth-order valence-corrected chi connectivity index (χ4v) is 9.00. The summed E-state index contributed by atoms with van der Waals surface area (Å²) in [5, 5.41) is 27.4. The molecule has 0 fully saturated rings. The molecule has 6 aromatic carbocycles. The van der Waals surface area contributed by atoms with Gasteiger partial charge in [0.2, 0.25) is 0 Å². The Morgan fingerprint density at radius 2 is 1.00 bits per heavy atom. The summed E-state index contributed by atoms with van der Waals surface area (Å²) in [4.78, 5) is 33.6. The fourth-order valence-electron chi connectivity index (χ4n) is 9.00. The number of benzene rings is 6. The van der Waals surface area contributed by atoms with Gasteiger partial charge in [0.25, 0.3) is 0 Å². The Bertz CT molecular complexity index is 3620. The number of H-pyrrole nitrogens is 2. The molecule has 0 radical (unpaired) electrons. The number of ether oxygens (including phenoxy) is 3. The van der Waals surface area contributed by atoms with Crippen LogP contribution in [0.5, 0.6) is 11.5 Å². The van der Waals surface area contributed by atoms with Crippen LogP contribution in [0.3, 0.4) is 0 Å². The summed E-state index contributed by atoms with van der Waals surface area (Å²) in [5.41, 5.74) is 12.7. The van der Waals surface area contributed by atoms with Gasteiger partial charge in [-0.05, 0) is 125 Å². The Hall–Kier alpha value is -8.52. The first-order chi connectivity index (χ1) is 33.8. The Balaban J connectivity index is 0.000000174. The van der Waals surface area contributed by atoms with Crippen LogP contribution < -0.4 is 9.47 Å². The maximum Gasteiger partial charge on any atom is 0.338 e.